The molecule has 0 aliphatic carbocycles. The molecule has 0 spiro atoms. The van der Waals surface area contributed by atoms with Gasteiger partial charge in [-0.3, -0.25) is 4.90 Å². The van der Waals surface area contributed by atoms with Crippen molar-refractivity contribution in [2.75, 3.05) is 13.1 Å². The van der Waals surface area contributed by atoms with Crippen molar-refractivity contribution >= 4 is 5.84 Å². The summed E-state index contributed by atoms with van der Waals surface area (Å²) < 4.78 is 13.4. The lowest BCUT2D eigenvalue weighted by Crippen LogP contribution is -2.27. The highest BCUT2D eigenvalue weighted by Gasteiger charge is 2.31. The highest BCUT2D eigenvalue weighted by Crippen LogP contribution is 2.34. The van der Waals surface area contributed by atoms with E-state index in [4.69, 9.17) is 10.9 Å². The summed E-state index contributed by atoms with van der Waals surface area (Å²) in [5.74, 6) is 0.232. The van der Waals surface area contributed by atoms with Crippen LogP contribution in [0.1, 0.15) is 38.3 Å². The molecule has 0 aromatic heterocycles. The van der Waals surface area contributed by atoms with Gasteiger partial charge >= 0.3 is 0 Å². The molecular weight excluding hydrogens is 269 g/mol. The van der Waals surface area contributed by atoms with Crippen LogP contribution in [0, 0.1) is 17.2 Å². The van der Waals surface area contributed by atoms with Crippen molar-refractivity contribution in [3.8, 4) is 0 Å². The normalized spacial score (nSPS) is 21.0. The average Bonchev–Trinajstić information content (AvgIpc) is 2.88. The smallest absolute Gasteiger partial charge is 0.170 e. The van der Waals surface area contributed by atoms with Gasteiger partial charge in [0, 0.05) is 18.7 Å². The van der Waals surface area contributed by atoms with E-state index in [1.807, 2.05) is 0 Å². The molecule has 1 atom stereocenters. The summed E-state index contributed by atoms with van der Waals surface area (Å²) in [6, 6.07) is 4.45. The van der Waals surface area contributed by atoms with Gasteiger partial charge in [-0.1, -0.05) is 32.0 Å². The molecule has 1 heterocycles. The summed E-state index contributed by atoms with van der Waals surface area (Å²) in [4.78, 5) is 2.34. The number of nitrogens with two attached hydrogens (primary N) is 1. The lowest BCUT2D eigenvalue weighted by molar-refractivity contribution is 0.226. The third-order valence-electron chi connectivity index (χ3n) is 4.35. The van der Waals surface area contributed by atoms with Crippen LogP contribution in [0.2, 0.25) is 0 Å². The van der Waals surface area contributed by atoms with Gasteiger partial charge < -0.3 is 10.9 Å². The minimum absolute atomic E-state index is 0.0453. The molecule has 4 nitrogen and oxygen atoms in total. The fourth-order valence-electron chi connectivity index (χ4n) is 2.90. The van der Waals surface area contributed by atoms with Gasteiger partial charge in [-0.15, -0.1) is 0 Å². The Hall–Kier alpha value is -1.62. The van der Waals surface area contributed by atoms with E-state index in [9.17, 15) is 4.39 Å². The topological polar surface area (TPSA) is 61.8 Å². The van der Waals surface area contributed by atoms with Gasteiger partial charge in [-0.2, -0.15) is 0 Å². The molecule has 1 aliphatic heterocycles. The maximum Gasteiger partial charge on any atom is 0.170 e. The van der Waals surface area contributed by atoms with Gasteiger partial charge in [-0.25, -0.2) is 4.39 Å². The third-order valence-corrected chi connectivity index (χ3v) is 4.35. The van der Waals surface area contributed by atoms with Crippen molar-refractivity contribution in [3.05, 3.63) is 35.1 Å². The first-order valence-electron chi connectivity index (χ1n) is 7.30. The Morgan fingerprint density at radius 3 is 2.76 bits per heavy atom. The first kappa shape index (κ1) is 15.8. The molecule has 0 bridgehead atoms. The quantitative estimate of drug-likeness (QED) is 0.390. The van der Waals surface area contributed by atoms with Gasteiger partial charge in [0.2, 0.25) is 0 Å². The standard InChI is InChI=1S/C16H24FN3O/c1-16(2,3)12-6-7-20(10-12)9-11-4-5-13(17)8-14(11)15(18)19-21/h4-5,8,12,21H,6-7,9-10H2,1-3H3,(H2,18,19). The van der Waals surface area contributed by atoms with Crippen molar-refractivity contribution in [2.24, 2.45) is 22.2 Å². The van der Waals surface area contributed by atoms with E-state index < -0.39 is 0 Å². The van der Waals surface area contributed by atoms with E-state index in [-0.39, 0.29) is 11.7 Å². The SMILES string of the molecule is CC(C)(C)C1CCN(Cc2ccc(F)cc2/C(N)=N/O)C1. The van der Waals surface area contributed by atoms with Crippen LogP contribution < -0.4 is 5.73 Å². The van der Waals surface area contributed by atoms with Gasteiger partial charge in [0.1, 0.15) is 5.82 Å². The molecule has 1 unspecified atom stereocenters. The first-order valence-corrected chi connectivity index (χ1v) is 7.30. The average molecular weight is 293 g/mol. The number of likely N-dealkylation sites (tertiary alicyclic amines) is 1. The molecule has 3 N–H and O–H groups in total. The summed E-state index contributed by atoms with van der Waals surface area (Å²) in [7, 11) is 0. The summed E-state index contributed by atoms with van der Waals surface area (Å²) in [5, 5.41) is 11.8. The molecule has 1 aromatic carbocycles. The zero-order valence-corrected chi connectivity index (χ0v) is 12.9. The van der Waals surface area contributed by atoms with E-state index in [1.165, 1.54) is 18.6 Å². The number of oxime groups is 1. The predicted molar refractivity (Wildman–Crippen MR) is 81.7 cm³/mol. The fourth-order valence-corrected chi connectivity index (χ4v) is 2.90. The van der Waals surface area contributed by atoms with Crippen molar-refractivity contribution in [1.82, 2.24) is 4.90 Å². The Bertz CT molecular complexity index is 537. The number of rotatable bonds is 3. The second-order valence-corrected chi connectivity index (χ2v) is 6.87. The number of halogens is 1. The molecule has 21 heavy (non-hydrogen) atoms. The summed E-state index contributed by atoms with van der Waals surface area (Å²) in [5.41, 5.74) is 7.31. The zero-order chi connectivity index (χ0) is 15.6. The number of hydrogen-bond acceptors (Lipinski definition) is 3. The van der Waals surface area contributed by atoms with E-state index in [0.717, 1.165) is 18.7 Å². The molecular formula is C16H24FN3O. The van der Waals surface area contributed by atoms with Crippen LogP contribution in [0.25, 0.3) is 0 Å². The maximum atomic E-state index is 13.4. The van der Waals surface area contributed by atoms with Crippen LogP contribution in [0.5, 0.6) is 0 Å². The van der Waals surface area contributed by atoms with Crippen molar-refractivity contribution in [3.63, 3.8) is 0 Å². The minimum Gasteiger partial charge on any atom is -0.409 e. The highest BCUT2D eigenvalue weighted by atomic mass is 19.1. The van der Waals surface area contributed by atoms with Crippen LogP contribution in [-0.4, -0.2) is 29.0 Å². The Balaban J connectivity index is 2.14. The summed E-state index contributed by atoms with van der Waals surface area (Å²) in [6.45, 7) is 9.53. The number of amidine groups is 1. The van der Waals surface area contributed by atoms with Crippen molar-refractivity contribution in [2.45, 2.75) is 33.7 Å². The van der Waals surface area contributed by atoms with Gasteiger partial charge in [-0.05, 0) is 42.0 Å². The molecule has 1 saturated heterocycles. The lowest BCUT2D eigenvalue weighted by Gasteiger charge is -2.27. The van der Waals surface area contributed by atoms with Crippen LogP contribution >= 0.6 is 0 Å². The molecule has 0 amide bonds. The minimum atomic E-state index is -0.380. The molecule has 0 saturated carbocycles. The molecule has 5 heteroatoms. The van der Waals surface area contributed by atoms with Gasteiger partial charge in [0.05, 0.1) is 0 Å². The molecule has 116 valence electrons. The van der Waals surface area contributed by atoms with Crippen LogP contribution in [-0.2, 0) is 6.54 Å². The summed E-state index contributed by atoms with van der Waals surface area (Å²) in [6.07, 6.45) is 1.17. The second kappa shape index (κ2) is 6.02. The van der Waals surface area contributed by atoms with Crippen LogP contribution in [0.3, 0.4) is 0 Å². The molecule has 1 fully saturated rings. The Morgan fingerprint density at radius 2 is 2.19 bits per heavy atom. The van der Waals surface area contributed by atoms with E-state index in [2.05, 4.69) is 30.8 Å². The van der Waals surface area contributed by atoms with E-state index in [1.54, 1.807) is 6.07 Å². The second-order valence-electron chi connectivity index (χ2n) is 6.87. The number of nitrogens with zero attached hydrogens (tertiary/aromatic N) is 2. The van der Waals surface area contributed by atoms with Crippen molar-refractivity contribution in [1.29, 1.82) is 0 Å². The summed E-state index contributed by atoms with van der Waals surface area (Å²) >= 11 is 0. The third kappa shape index (κ3) is 3.73. The molecule has 0 radical (unpaired) electrons. The van der Waals surface area contributed by atoms with Crippen molar-refractivity contribution < 1.29 is 9.60 Å². The molecule has 1 aromatic rings. The largest absolute Gasteiger partial charge is 0.409 e. The van der Waals surface area contributed by atoms with E-state index >= 15 is 0 Å². The Kier molecular flexibility index (Phi) is 4.52. The number of hydrogen-bond donors (Lipinski definition) is 2. The number of benzene rings is 1. The zero-order valence-electron chi connectivity index (χ0n) is 12.9. The first-order chi connectivity index (χ1) is 9.81. The van der Waals surface area contributed by atoms with Crippen LogP contribution in [0.4, 0.5) is 4.39 Å². The van der Waals surface area contributed by atoms with Gasteiger partial charge in [0.25, 0.3) is 0 Å². The predicted octanol–water partition coefficient (Wildman–Crippen LogP) is 2.79. The Labute approximate surface area is 125 Å². The maximum absolute atomic E-state index is 13.4. The van der Waals surface area contributed by atoms with E-state index in [0.29, 0.717) is 23.4 Å². The highest BCUT2D eigenvalue weighted by molar-refractivity contribution is 5.98. The Morgan fingerprint density at radius 1 is 1.48 bits per heavy atom. The molecule has 1 aliphatic rings. The van der Waals surface area contributed by atoms with Gasteiger partial charge in [0.15, 0.2) is 5.84 Å². The molecule has 2 rings (SSSR count). The fraction of sp³-hybridized carbons (Fsp3) is 0.562. The monoisotopic (exact) mass is 293 g/mol. The van der Waals surface area contributed by atoms with Crippen LogP contribution in [0.15, 0.2) is 23.4 Å². The lowest BCUT2D eigenvalue weighted by atomic mass is 9.80.